The molecule has 0 aromatic heterocycles. The number of sulfonamides is 1. The van der Waals surface area contributed by atoms with Gasteiger partial charge in [-0.15, -0.1) is 0 Å². The minimum absolute atomic E-state index is 0.205. The van der Waals surface area contributed by atoms with Crippen molar-refractivity contribution < 1.29 is 31.2 Å². The molecule has 0 unspecified atom stereocenters. The Morgan fingerprint density at radius 1 is 1.15 bits per heavy atom. The lowest BCUT2D eigenvalue weighted by Crippen LogP contribution is -2.50. The summed E-state index contributed by atoms with van der Waals surface area (Å²) in [5.41, 5.74) is 5.56. The molecule has 0 saturated heterocycles. The topological polar surface area (TPSA) is 133 Å². The number of nitriles is 1. The average molecular weight is 497 g/mol. The molecule has 0 aliphatic carbocycles. The van der Waals surface area contributed by atoms with Gasteiger partial charge in [0.05, 0.1) is 24.3 Å². The number of nitrogens with zero attached hydrogens (tertiary/aromatic N) is 2. The fraction of sp³-hybridized carbons (Fsp3) is 0.318. The number of halogens is 3. The second-order valence-corrected chi connectivity index (χ2v) is 9.56. The van der Waals surface area contributed by atoms with Crippen molar-refractivity contribution in [3.8, 4) is 17.2 Å². The summed E-state index contributed by atoms with van der Waals surface area (Å²) in [5, 5.41) is 11.3. The third-order valence-electron chi connectivity index (χ3n) is 4.93. The van der Waals surface area contributed by atoms with Crippen LogP contribution in [0, 0.1) is 11.3 Å². The molecule has 0 aliphatic rings. The molecule has 182 valence electrons. The van der Waals surface area contributed by atoms with E-state index < -0.39 is 52.1 Å². The molecule has 3 N–H and O–H groups in total. The molecular weight excluding hydrogens is 473 g/mol. The summed E-state index contributed by atoms with van der Waals surface area (Å²) in [6, 6.07) is 10.3. The van der Waals surface area contributed by atoms with Gasteiger partial charge in [-0.2, -0.15) is 22.7 Å². The van der Waals surface area contributed by atoms with E-state index in [-0.39, 0.29) is 6.54 Å². The molecule has 2 aromatic carbocycles. The maximum atomic E-state index is 13.0. The number of amides is 2. The molecule has 8 nitrogen and oxygen atoms in total. The van der Waals surface area contributed by atoms with Gasteiger partial charge in [0.1, 0.15) is 12.1 Å². The highest BCUT2D eigenvalue weighted by atomic mass is 32.2. The standard InChI is InChI=1S/C22H23F3N4O4S/c1-14(21(31)28-19(12-26)11-20(27)30)29(34(2,32)33)13-15-6-8-16(9-7-15)17-4-3-5-18(10-17)22(23,24)25/h3-10,14,19H,11,13H2,1-2H3,(H2,27,30)(H,28,31)/t14-,19-/m0/s1. The molecule has 0 bridgehead atoms. The fourth-order valence-electron chi connectivity index (χ4n) is 3.15. The van der Waals surface area contributed by atoms with Crippen molar-refractivity contribution in [3.63, 3.8) is 0 Å². The van der Waals surface area contributed by atoms with Gasteiger partial charge < -0.3 is 11.1 Å². The van der Waals surface area contributed by atoms with Gasteiger partial charge in [0.25, 0.3) is 0 Å². The summed E-state index contributed by atoms with van der Waals surface area (Å²) in [7, 11) is -3.88. The van der Waals surface area contributed by atoms with E-state index in [9.17, 15) is 31.2 Å². The van der Waals surface area contributed by atoms with E-state index in [4.69, 9.17) is 11.0 Å². The van der Waals surface area contributed by atoms with Crippen molar-refractivity contribution in [1.82, 2.24) is 9.62 Å². The van der Waals surface area contributed by atoms with Crippen molar-refractivity contribution in [2.45, 2.75) is 38.1 Å². The number of hydrogen-bond donors (Lipinski definition) is 2. The molecule has 0 heterocycles. The first-order chi connectivity index (χ1) is 15.7. The lowest BCUT2D eigenvalue weighted by atomic mass is 10.0. The van der Waals surface area contributed by atoms with Crippen molar-refractivity contribution in [1.29, 1.82) is 5.26 Å². The van der Waals surface area contributed by atoms with Crippen LogP contribution in [0.25, 0.3) is 11.1 Å². The molecular formula is C22H23F3N4O4S. The molecule has 2 rings (SSSR count). The highest BCUT2D eigenvalue weighted by Gasteiger charge is 2.31. The molecule has 0 fully saturated rings. The summed E-state index contributed by atoms with van der Waals surface area (Å²) in [6.07, 6.45) is -3.99. The predicted octanol–water partition coefficient (Wildman–Crippen LogP) is 2.41. The third-order valence-corrected chi connectivity index (χ3v) is 6.23. The Morgan fingerprint density at radius 3 is 2.26 bits per heavy atom. The third kappa shape index (κ3) is 7.29. The number of hydrogen-bond acceptors (Lipinski definition) is 5. The molecule has 0 aliphatic heterocycles. The van der Waals surface area contributed by atoms with E-state index in [0.717, 1.165) is 22.7 Å². The molecule has 0 radical (unpaired) electrons. The zero-order valence-corrected chi connectivity index (χ0v) is 19.2. The number of alkyl halides is 3. The second kappa shape index (κ2) is 10.7. The van der Waals surface area contributed by atoms with Crippen LogP contribution in [0.1, 0.15) is 24.5 Å². The summed E-state index contributed by atoms with van der Waals surface area (Å²) < 4.78 is 64.5. The predicted molar refractivity (Wildman–Crippen MR) is 118 cm³/mol. The molecule has 2 aromatic rings. The molecule has 2 amide bonds. The lowest BCUT2D eigenvalue weighted by molar-refractivity contribution is -0.137. The van der Waals surface area contributed by atoms with Gasteiger partial charge in [0.2, 0.25) is 21.8 Å². The van der Waals surface area contributed by atoms with E-state index in [1.165, 1.54) is 19.1 Å². The van der Waals surface area contributed by atoms with Gasteiger partial charge in [-0.1, -0.05) is 36.4 Å². The van der Waals surface area contributed by atoms with Crippen LogP contribution in [0.5, 0.6) is 0 Å². The Hall–Kier alpha value is -3.43. The van der Waals surface area contributed by atoms with Crippen molar-refractivity contribution in [2.24, 2.45) is 5.73 Å². The van der Waals surface area contributed by atoms with Gasteiger partial charge in [0.15, 0.2) is 0 Å². The van der Waals surface area contributed by atoms with Crippen LogP contribution in [0.15, 0.2) is 48.5 Å². The van der Waals surface area contributed by atoms with E-state index >= 15 is 0 Å². The summed E-state index contributed by atoms with van der Waals surface area (Å²) in [4.78, 5) is 23.5. The Bertz CT molecular complexity index is 1190. The SMILES string of the molecule is C[C@@H](C(=O)N[C@H](C#N)CC(N)=O)N(Cc1ccc(-c2cccc(C(F)(F)F)c2)cc1)S(C)(=O)=O. The highest BCUT2D eigenvalue weighted by Crippen LogP contribution is 2.32. The maximum absolute atomic E-state index is 13.0. The Labute approximate surface area is 195 Å². The van der Waals surface area contributed by atoms with Crippen LogP contribution >= 0.6 is 0 Å². The largest absolute Gasteiger partial charge is 0.416 e. The van der Waals surface area contributed by atoms with Gasteiger partial charge in [-0.25, -0.2) is 8.42 Å². The normalized spacial score (nSPS) is 13.7. The van der Waals surface area contributed by atoms with Gasteiger partial charge >= 0.3 is 6.18 Å². The number of benzene rings is 2. The molecule has 12 heteroatoms. The van der Waals surface area contributed by atoms with Gasteiger partial charge in [-0.3, -0.25) is 9.59 Å². The van der Waals surface area contributed by atoms with Crippen LogP contribution in [-0.2, 0) is 32.3 Å². The minimum Gasteiger partial charge on any atom is -0.370 e. The zero-order chi connectivity index (χ0) is 25.7. The number of nitrogens with two attached hydrogens (primary N) is 1. The molecule has 0 spiro atoms. The van der Waals surface area contributed by atoms with Crippen molar-refractivity contribution in [2.75, 3.05) is 6.26 Å². The number of carbonyl (C=O) groups is 2. The molecule has 0 saturated carbocycles. The van der Waals surface area contributed by atoms with Gasteiger partial charge in [-0.05, 0) is 35.7 Å². The first-order valence-electron chi connectivity index (χ1n) is 9.94. The summed E-state index contributed by atoms with van der Waals surface area (Å²) in [6.45, 7) is 1.12. The van der Waals surface area contributed by atoms with E-state index in [2.05, 4.69) is 5.32 Å². The summed E-state index contributed by atoms with van der Waals surface area (Å²) >= 11 is 0. The minimum atomic E-state index is -4.48. The van der Waals surface area contributed by atoms with E-state index in [1.54, 1.807) is 30.3 Å². The summed E-state index contributed by atoms with van der Waals surface area (Å²) in [5.74, 6) is -1.60. The van der Waals surface area contributed by atoms with Crippen molar-refractivity contribution in [3.05, 3.63) is 59.7 Å². The van der Waals surface area contributed by atoms with Crippen LogP contribution in [-0.4, -0.2) is 42.9 Å². The molecule has 34 heavy (non-hydrogen) atoms. The quantitative estimate of drug-likeness (QED) is 0.550. The van der Waals surface area contributed by atoms with Crippen molar-refractivity contribution >= 4 is 21.8 Å². The maximum Gasteiger partial charge on any atom is 0.416 e. The Morgan fingerprint density at radius 2 is 1.76 bits per heavy atom. The van der Waals surface area contributed by atoms with E-state index in [1.807, 2.05) is 0 Å². The van der Waals surface area contributed by atoms with Crippen LogP contribution < -0.4 is 11.1 Å². The molecule has 2 atom stereocenters. The zero-order valence-electron chi connectivity index (χ0n) is 18.3. The average Bonchev–Trinajstić information content (AvgIpc) is 2.75. The van der Waals surface area contributed by atoms with Crippen LogP contribution in [0.4, 0.5) is 13.2 Å². The fourth-order valence-corrected chi connectivity index (χ4v) is 4.21. The number of rotatable bonds is 9. The number of primary amides is 1. The lowest BCUT2D eigenvalue weighted by Gasteiger charge is -2.27. The number of carbonyl (C=O) groups excluding carboxylic acids is 2. The van der Waals surface area contributed by atoms with Crippen LogP contribution in [0.2, 0.25) is 0 Å². The first-order valence-corrected chi connectivity index (χ1v) is 11.8. The highest BCUT2D eigenvalue weighted by molar-refractivity contribution is 7.88. The Balaban J connectivity index is 2.22. The monoisotopic (exact) mass is 496 g/mol. The van der Waals surface area contributed by atoms with Gasteiger partial charge in [0, 0.05) is 6.54 Å². The second-order valence-electron chi connectivity index (χ2n) is 7.62. The number of nitrogens with one attached hydrogen (secondary N) is 1. The first kappa shape index (κ1) is 26.8. The van der Waals surface area contributed by atoms with Crippen LogP contribution in [0.3, 0.4) is 0 Å². The Kier molecular flexibility index (Phi) is 8.41. The smallest absolute Gasteiger partial charge is 0.370 e. The van der Waals surface area contributed by atoms with E-state index in [0.29, 0.717) is 16.7 Å².